The minimum atomic E-state index is -0.177. The summed E-state index contributed by atoms with van der Waals surface area (Å²) in [6.07, 6.45) is 3.58. The molecule has 1 aromatic rings. The second-order valence-electron chi connectivity index (χ2n) is 5.77. The predicted octanol–water partition coefficient (Wildman–Crippen LogP) is 2.53. The quantitative estimate of drug-likeness (QED) is 0.847. The molecule has 1 heterocycles. The number of aliphatic hydroxyl groups excluding tert-OH is 1. The Bertz CT molecular complexity index is 449. The van der Waals surface area contributed by atoms with Crippen LogP contribution in [0.15, 0.2) is 30.3 Å². The Hall–Kier alpha value is -1.39. The smallest absolute Gasteiger partial charge is 0.307 e. The van der Waals surface area contributed by atoms with Crippen LogP contribution < -0.4 is 0 Å². The van der Waals surface area contributed by atoms with Gasteiger partial charge in [-0.1, -0.05) is 36.8 Å². The molecule has 0 amide bonds. The number of carbonyl (C=O) groups is 1. The number of esters is 1. The van der Waals surface area contributed by atoms with Gasteiger partial charge in [0.15, 0.2) is 0 Å². The maximum atomic E-state index is 11.7. The Labute approximate surface area is 126 Å². The van der Waals surface area contributed by atoms with Crippen LogP contribution in [0.2, 0.25) is 0 Å². The Kier molecular flexibility index (Phi) is 5.76. The van der Waals surface area contributed by atoms with Crippen LogP contribution in [0.25, 0.3) is 0 Å². The predicted molar refractivity (Wildman–Crippen MR) is 81.8 cm³/mol. The van der Waals surface area contributed by atoms with Gasteiger partial charge in [0.25, 0.3) is 0 Å². The highest BCUT2D eigenvalue weighted by atomic mass is 16.5. The van der Waals surface area contributed by atoms with Crippen molar-refractivity contribution < 1.29 is 14.6 Å². The van der Waals surface area contributed by atoms with Crippen molar-refractivity contribution in [2.75, 3.05) is 13.7 Å². The standard InChI is InChI=1S/C17H25NO3/c1-13-7-6-10-15(11-17(20)21-2)18(13)16(12-19)14-8-4-3-5-9-14/h3-5,8-9,13,15-16,19H,6-7,10-12H2,1-2H3/t13-,15-,16+/m0/s1. The number of rotatable bonds is 5. The zero-order chi connectivity index (χ0) is 15.2. The van der Waals surface area contributed by atoms with E-state index in [1.165, 1.54) is 7.11 Å². The number of nitrogens with zero attached hydrogens (tertiary/aromatic N) is 1. The molecule has 0 radical (unpaired) electrons. The summed E-state index contributed by atoms with van der Waals surface area (Å²) >= 11 is 0. The molecular formula is C17H25NO3. The molecule has 0 spiro atoms. The summed E-state index contributed by atoms with van der Waals surface area (Å²) in [5.74, 6) is -0.177. The van der Waals surface area contributed by atoms with E-state index in [0.717, 1.165) is 24.8 Å². The fraction of sp³-hybridized carbons (Fsp3) is 0.588. The van der Waals surface area contributed by atoms with E-state index in [0.29, 0.717) is 12.5 Å². The molecule has 0 aromatic heterocycles. The van der Waals surface area contributed by atoms with Gasteiger partial charge in [-0.3, -0.25) is 9.69 Å². The fourth-order valence-corrected chi connectivity index (χ4v) is 3.40. The molecule has 0 unspecified atom stereocenters. The average Bonchev–Trinajstić information content (AvgIpc) is 2.51. The van der Waals surface area contributed by atoms with Gasteiger partial charge in [-0.05, 0) is 25.3 Å². The molecule has 1 aromatic carbocycles. The number of piperidine rings is 1. The number of carbonyl (C=O) groups excluding carboxylic acids is 1. The number of hydrogen-bond donors (Lipinski definition) is 1. The maximum Gasteiger partial charge on any atom is 0.307 e. The molecule has 0 saturated carbocycles. The molecule has 1 aliphatic rings. The lowest BCUT2D eigenvalue weighted by Crippen LogP contribution is -2.49. The highest BCUT2D eigenvalue weighted by Gasteiger charge is 2.35. The van der Waals surface area contributed by atoms with Gasteiger partial charge in [0.1, 0.15) is 0 Å². The zero-order valence-corrected chi connectivity index (χ0v) is 12.9. The van der Waals surface area contributed by atoms with Gasteiger partial charge in [0, 0.05) is 12.1 Å². The summed E-state index contributed by atoms with van der Waals surface area (Å²) in [6.45, 7) is 2.24. The van der Waals surface area contributed by atoms with Crippen LogP contribution in [0, 0.1) is 0 Å². The minimum Gasteiger partial charge on any atom is -0.469 e. The maximum absolute atomic E-state index is 11.7. The normalized spacial score (nSPS) is 24.5. The lowest BCUT2D eigenvalue weighted by Gasteiger charge is -2.45. The van der Waals surface area contributed by atoms with Gasteiger partial charge in [-0.15, -0.1) is 0 Å². The van der Waals surface area contributed by atoms with Gasteiger partial charge in [0.2, 0.25) is 0 Å². The summed E-state index contributed by atoms with van der Waals surface area (Å²) in [5.41, 5.74) is 1.10. The molecule has 3 atom stereocenters. The van der Waals surface area contributed by atoms with Gasteiger partial charge >= 0.3 is 5.97 Å². The number of benzene rings is 1. The summed E-state index contributed by atoms with van der Waals surface area (Å²) in [7, 11) is 1.43. The largest absolute Gasteiger partial charge is 0.469 e. The molecule has 1 aliphatic heterocycles. The molecule has 1 N–H and O–H groups in total. The molecule has 0 bridgehead atoms. The van der Waals surface area contributed by atoms with E-state index in [-0.39, 0.29) is 24.7 Å². The van der Waals surface area contributed by atoms with Crippen molar-refractivity contribution >= 4 is 5.97 Å². The first-order valence-electron chi connectivity index (χ1n) is 7.67. The first-order chi connectivity index (χ1) is 10.2. The Morgan fingerprint density at radius 3 is 2.71 bits per heavy atom. The van der Waals surface area contributed by atoms with E-state index in [9.17, 15) is 9.90 Å². The van der Waals surface area contributed by atoms with E-state index < -0.39 is 0 Å². The molecule has 4 heteroatoms. The van der Waals surface area contributed by atoms with E-state index in [1.54, 1.807) is 0 Å². The van der Waals surface area contributed by atoms with E-state index >= 15 is 0 Å². The van der Waals surface area contributed by atoms with Crippen LogP contribution in [0.5, 0.6) is 0 Å². The third-order valence-corrected chi connectivity index (χ3v) is 4.44. The van der Waals surface area contributed by atoms with Crippen molar-refractivity contribution in [2.24, 2.45) is 0 Å². The molecule has 4 nitrogen and oxygen atoms in total. The van der Waals surface area contributed by atoms with E-state index in [1.807, 2.05) is 30.3 Å². The monoisotopic (exact) mass is 291 g/mol. The minimum absolute atomic E-state index is 0.0591. The van der Waals surface area contributed by atoms with Crippen LogP contribution >= 0.6 is 0 Å². The summed E-state index contributed by atoms with van der Waals surface area (Å²) < 4.78 is 4.83. The van der Waals surface area contributed by atoms with Gasteiger partial charge in [-0.25, -0.2) is 0 Å². The van der Waals surface area contributed by atoms with E-state index in [2.05, 4.69) is 11.8 Å². The van der Waals surface area contributed by atoms with Crippen LogP contribution in [0.1, 0.15) is 44.2 Å². The van der Waals surface area contributed by atoms with Crippen molar-refractivity contribution in [3.8, 4) is 0 Å². The van der Waals surface area contributed by atoms with Crippen molar-refractivity contribution in [1.29, 1.82) is 0 Å². The first-order valence-corrected chi connectivity index (χ1v) is 7.67. The van der Waals surface area contributed by atoms with Crippen molar-refractivity contribution in [2.45, 2.75) is 50.7 Å². The Morgan fingerprint density at radius 2 is 2.10 bits per heavy atom. The van der Waals surface area contributed by atoms with Crippen molar-refractivity contribution in [3.63, 3.8) is 0 Å². The van der Waals surface area contributed by atoms with Crippen molar-refractivity contribution in [1.82, 2.24) is 4.90 Å². The van der Waals surface area contributed by atoms with Crippen LogP contribution in [0.3, 0.4) is 0 Å². The number of aliphatic hydroxyl groups is 1. The molecule has 2 rings (SSSR count). The van der Waals surface area contributed by atoms with Gasteiger partial charge in [0.05, 0.1) is 26.2 Å². The number of hydrogen-bond acceptors (Lipinski definition) is 4. The first kappa shape index (κ1) is 16.0. The third-order valence-electron chi connectivity index (χ3n) is 4.44. The average molecular weight is 291 g/mol. The lowest BCUT2D eigenvalue weighted by atomic mass is 9.90. The van der Waals surface area contributed by atoms with Crippen molar-refractivity contribution in [3.05, 3.63) is 35.9 Å². The lowest BCUT2D eigenvalue weighted by molar-refractivity contribution is -0.143. The fourth-order valence-electron chi connectivity index (χ4n) is 3.40. The Balaban J connectivity index is 2.23. The van der Waals surface area contributed by atoms with Gasteiger partial charge < -0.3 is 9.84 Å². The second-order valence-corrected chi connectivity index (χ2v) is 5.77. The number of likely N-dealkylation sites (tertiary alicyclic amines) is 1. The molecule has 21 heavy (non-hydrogen) atoms. The topological polar surface area (TPSA) is 49.8 Å². The summed E-state index contributed by atoms with van der Waals surface area (Å²) in [4.78, 5) is 14.0. The van der Waals surface area contributed by atoms with Crippen LogP contribution in [0.4, 0.5) is 0 Å². The molecule has 1 saturated heterocycles. The second kappa shape index (κ2) is 7.57. The van der Waals surface area contributed by atoms with Crippen LogP contribution in [-0.4, -0.2) is 41.8 Å². The van der Waals surface area contributed by atoms with E-state index in [4.69, 9.17) is 4.74 Å². The zero-order valence-electron chi connectivity index (χ0n) is 12.9. The third kappa shape index (κ3) is 3.83. The molecule has 0 aliphatic carbocycles. The van der Waals surface area contributed by atoms with Crippen LogP contribution in [-0.2, 0) is 9.53 Å². The number of methoxy groups -OCH3 is 1. The SMILES string of the molecule is COC(=O)C[C@@H]1CCC[C@H](C)N1[C@H](CO)c1ccccc1. The summed E-state index contributed by atoms with van der Waals surface area (Å²) in [6, 6.07) is 10.5. The highest BCUT2D eigenvalue weighted by molar-refractivity contribution is 5.69. The number of ether oxygens (including phenoxy) is 1. The molecule has 1 fully saturated rings. The molecule has 116 valence electrons. The summed E-state index contributed by atoms with van der Waals surface area (Å²) in [5, 5.41) is 9.90. The van der Waals surface area contributed by atoms with Gasteiger partial charge in [-0.2, -0.15) is 0 Å². The highest BCUT2D eigenvalue weighted by Crippen LogP contribution is 2.33. The molecular weight excluding hydrogens is 266 g/mol. The Morgan fingerprint density at radius 1 is 1.38 bits per heavy atom.